The average molecular weight is 435 g/mol. The minimum Gasteiger partial charge on any atom is -0.467 e. The number of rotatable bonds is 6. The van der Waals surface area contributed by atoms with Crippen molar-refractivity contribution in [2.45, 2.75) is 31.2 Å². The van der Waals surface area contributed by atoms with Gasteiger partial charge in [-0.2, -0.15) is 0 Å². The zero-order valence-corrected chi connectivity index (χ0v) is 17.7. The first-order valence-corrected chi connectivity index (χ1v) is 10.4. The van der Waals surface area contributed by atoms with Crippen molar-refractivity contribution in [3.63, 3.8) is 0 Å². The standard InChI is InChI=1S/C22H24Cl2N2O3/c1-29-22(28)19(26-21(27)20-17(23)3-2-4-18(20)24)13-14-5-7-15(8-6-14)16-9-11-25-12-10-16/h2-8,16,19,25H,9-13H2,1H3,(H,26,27)/t19-/m0/s1. The van der Waals surface area contributed by atoms with Gasteiger partial charge in [-0.25, -0.2) is 4.79 Å². The Bertz CT molecular complexity index is 845. The van der Waals surface area contributed by atoms with Crippen LogP contribution in [0, 0.1) is 0 Å². The summed E-state index contributed by atoms with van der Waals surface area (Å²) in [7, 11) is 1.30. The number of benzene rings is 2. The van der Waals surface area contributed by atoms with Crippen LogP contribution in [0.4, 0.5) is 0 Å². The summed E-state index contributed by atoms with van der Waals surface area (Å²) in [6.45, 7) is 2.07. The molecule has 29 heavy (non-hydrogen) atoms. The molecule has 0 saturated carbocycles. The van der Waals surface area contributed by atoms with E-state index in [1.54, 1.807) is 18.2 Å². The molecule has 1 heterocycles. The van der Waals surface area contributed by atoms with Crippen LogP contribution in [0.15, 0.2) is 42.5 Å². The molecule has 154 valence electrons. The first-order valence-electron chi connectivity index (χ1n) is 9.62. The summed E-state index contributed by atoms with van der Waals surface area (Å²) in [5.74, 6) is -0.477. The van der Waals surface area contributed by atoms with Gasteiger partial charge in [0.25, 0.3) is 5.91 Å². The molecule has 0 aromatic heterocycles. The second-order valence-corrected chi connectivity index (χ2v) is 7.93. The van der Waals surface area contributed by atoms with Crippen molar-refractivity contribution in [1.82, 2.24) is 10.6 Å². The lowest BCUT2D eigenvalue weighted by Crippen LogP contribution is -2.43. The van der Waals surface area contributed by atoms with Gasteiger partial charge in [-0.3, -0.25) is 4.79 Å². The summed E-state index contributed by atoms with van der Waals surface area (Å²) in [5.41, 5.74) is 2.38. The number of hydrogen-bond acceptors (Lipinski definition) is 4. The Kier molecular flexibility index (Phi) is 7.53. The molecule has 0 radical (unpaired) electrons. The largest absolute Gasteiger partial charge is 0.467 e. The van der Waals surface area contributed by atoms with Crippen LogP contribution in [0.3, 0.4) is 0 Å². The van der Waals surface area contributed by atoms with Gasteiger partial charge in [0, 0.05) is 6.42 Å². The molecular weight excluding hydrogens is 411 g/mol. The highest BCUT2D eigenvalue weighted by atomic mass is 35.5. The van der Waals surface area contributed by atoms with Gasteiger partial charge >= 0.3 is 5.97 Å². The zero-order valence-electron chi connectivity index (χ0n) is 16.2. The second-order valence-electron chi connectivity index (χ2n) is 7.12. The van der Waals surface area contributed by atoms with E-state index >= 15 is 0 Å². The number of esters is 1. The van der Waals surface area contributed by atoms with Gasteiger partial charge in [0.05, 0.1) is 22.7 Å². The Morgan fingerprint density at radius 2 is 1.72 bits per heavy atom. The molecule has 1 atom stereocenters. The van der Waals surface area contributed by atoms with E-state index < -0.39 is 17.9 Å². The molecule has 1 aliphatic heterocycles. The molecule has 0 aliphatic carbocycles. The number of halogens is 2. The fourth-order valence-corrected chi connectivity index (χ4v) is 4.17. The van der Waals surface area contributed by atoms with E-state index in [9.17, 15) is 9.59 Å². The molecule has 0 unspecified atom stereocenters. The van der Waals surface area contributed by atoms with Crippen LogP contribution in [-0.4, -0.2) is 38.1 Å². The van der Waals surface area contributed by atoms with Crippen LogP contribution in [0.25, 0.3) is 0 Å². The lowest BCUT2D eigenvalue weighted by atomic mass is 9.89. The third-order valence-corrected chi connectivity index (χ3v) is 5.84. The maximum Gasteiger partial charge on any atom is 0.328 e. The summed E-state index contributed by atoms with van der Waals surface area (Å²) in [5, 5.41) is 6.53. The number of carbonyl (C=O) groups is 2. The van der Waals surface area contributed by atoms with Gasteiger partial charge in [-0.15, -0.1) is 0 Å². The predicted octanol–water partition coefficient (Wildman–Crippen LogP) is 3.97. The highest BCUT2D eigenvalue weighted by Gasteiger charge is 2.25. The molecule has 2 aromatic rings. The van der Waals surface area contributed by atoms with Crippen molar-refractivity contribution < 1.29 is 14.3 Å². The van der Waals surface area contributed by atoms with Crippen molar-refractivity contribution in [1.29, 1.82) is 0 Å². The third-order valence-electron chi connectivity index (χ3n) is 5.21. The van der Waals surface area contributed by atoms with Crippen molar-refractivity contribution in [3.8, 4) is 0 Å². The van der Waals surface area contributed by atoms with Gasteiger partial charge in [-0.1, -0.05) is 53.5 Å². The quantitative estimate of drug-likeness (QED) is 0.674. The number of ether oxygens (including phenoxy) is 1. The minimum atomic E-state index is -0.843. The van der Waals surface area contributed by atoms with Crippen LogP contribution in [0.1, 0.15) is 40.2 Å². The fraction of sp³-hybridized carbons (Fsp3) is 0.364. The third kappa shape index (κ3) is 5.50. The number of methoxy groups -OCH3 is 1. The maximum absolute atomic E-state index is 12.7. The van der Waals surface area contributed by atoms with Crippen molar-refractivity contribution in [2.24, 2.45) is 0 Å². The number of piperidine rings is 1. The van der Waals surface area contributed by atoms with Crippen LogP contribution in [0.2, 0.25) is 10.0 Å². The number of hydrogen-bond donors (Lipinski definition) is 2. The fourth-order valence-electron chi connectivity index (χ4n) is 3.60. The molecule has 1 aliphatic rings. The molecule has 2 N–H and O–H groups in total. The summed E-state index contributed by atoms with van der Waals surface area (Å²) in [6, 6.07) is 12.2. The number of nitrogens with one attached hydrogen (secondary N) is 2. The van der Waals surface area contributed by atoms with Gasteiger partial charge in [0.2, 0.25) is 0 Å². The van der Waals surface area contributed by atoms with Crippen molar-refractivity contribution in [2.75, 3.05) is 20.2 Å². The smallest absolute Gasteiger partial charge is 0.328 e. The number of carbonyl (C=O) groups excluding carboxylic acids is 2. The predicted molar refractivity (Wildman–Crippen MR) is 115 cm³/mol. The Labute approximate surface area is 180 Å². The second kappa shape index (κ2) is 10.1. The molecule has 1 saturated heterocycles. The first-order chi connectivity index (χ1) is 14.0. The highest BCUT2D eigenvalue weighted by molar-refractivity contribution is 6.39. The molecule has 1 amide bonds. The lowest BCUT2D eigenvalue weighted by Gasteiger charge is -2.23. The minimum absolute atomic E-state index is 0.144. The van der Waals surface area contributed by atoms with E-state index in [-0.39, 0.29) is 15.6 Å². The Balaban J connectivity index is 1.72. The van der Waals surface area contributed by atoms with E-state index in [4.69, 9.17) is 27.9 Å². The van der Waals surface area contributed by atoms with E-state index in [0.717, 1.165) is 31.5 Å². The van der Waals surface area contributed by atoms with Crippen molar-refractivity contribution in [3.05, 3.63) is 69.2 Å². The van der Waals surface area contributed by atoms with Crippen LogP contribution in [0.5, 0.6) is 0 Å². The topological polar surface area (TPSA) is 67.4 Å². The maximum atomic E-state index is 12.7. The summed E-state index contributed by atoms with van der Waals surface area (Å²) in [6.07, 6.45) is 2.56. The molecular formula is C22H24Cl2N2O3. The van der Waals surface area contributed by atoms with E-state index in [1.807, 2.05) is 12.1 Å². The van der Waals surface area contributed by atoms with Gasteiger partial charge < -0.3 is 15.4 Å². The molecule has 2 aromatic carbocycles. The zero-order chi connectivity index (χ0) is 20.8. The molecule has 3 rings (SSSR count). The van der Waals surface area contributed by atoms with Crippen LogP contribution >= 0.6 is 23.2 Å². The first kappa shape index (κ1) is 21.6. The normalized spacial score (nSPS) is 15.6. The summed E-state index contributed by atoms with van der Waals surface area (Å²) >= 11 is 12.2. The SMILES string of the molecule is COC(=O)[C@H](Cc1ccc(C2CCNCC2)cc1)NC(=O)c1c(Cl)cccc1Cl. The average Bonchev–Trinajstić information content (AvgIpc) is 2.73. The van der Waals surface area contributed by atoms with Crippen LogP contribution < -0.4 is 10.6 Å². The number of amides is 1. The van der Waals surface area contributed by atoms with Gasteiger partial charge in [-0.05, 0) is 55.1 Å². The van der Waals surface area contributed by atoms with E-state index in [2.05, 4.69) is 22.8 Å². The van der Waals surface area contributed by atoms with E-state index in [0.29, 0.717) is 12.3 Å². The molecule has 0 spiro atoms. The van der Waals surface area contributed by atoms with Gasteiger partial charge in [0.1, 0.15) is 6.04 Å². The molecule has 1 fully saturated rings. The Morgan fingerprint density at radius 1 is 1.10 bits per heavy atom. The highest BCUT2D eigenvalue weighted by Crippen LogP contribution is 2.26. The Hall–Kier alpha value is -2.08. The molecule has 5 nitrogen and oxygen atoms in total. The van der Waals surface area contributed by atoms with Crippen LogP contribution in [-0.2, 0) is 16.0 Å². The summed E-state index contributed by atoms with van der Waals surface area (Å²) in [4.78, 5) is 24.9. The summed E-state index contributed by atoms with van der Waals surface area (Å²) < 4.78 is 4.87. The van der Waals surface area contributed by atoms with E-state index in [1.165, 1.54) is 12.7 Å². The monoisotopic (exact) mass is 434 g/mol. The molecule has 7 heteroatoms. The Morgan fingerprint density at radius 3 is 2.31 bits per heavy atom. The molecule has 0 bridgehead atoms. The van der Waals surface area contributed by atoms with Crippen molar-refractivity contribution >= 4 is 35.1 Å². The van der Waals surface area contributed by atoms with Gasteiger partial charge in [0.15, 0.2) is 0 Å². The lowest BCUT2D eigenvalue weighted by molar-refractivity contribution is -0.142.